The molecule has 0 heterocycles. The summed E-state index contributed by atoms with van der Waals surface area (Å²) in [6, 6.07) is 16.8. The van der Waals surface area contributed by atoms with Crippen molar-refractivity contribution in [2.45, 2.75) is 0 Å². The Bertz CT molecular complexity index is 1010. The number of fused-ring (bicyclic) bond motifs is 1. The molecule has 0 atom stereocenters. The summed E-state index contributed by atoms with van der Waals surface area (Å²) < 4.78 is 0. The van der Waals surface area contributed by atoms with Crippen LogP contribution in [0.3, 0.4) is 0 Å². The molecule has 0 saturated heterocycles. The van der Waals surface area contributed by atoms with E-state index in [0.717, 1.165) is 5.56 Å². The third-order valence-electron chi connectivity index (χ3n) is 3.56. The summed E-state index contributed by atoms with van der Waals surface area (Å²) in [5.74, 6) is 3.84. The summed E-state index contributed by atoms with van der Waals surface area (Å²) in [7, 11) is 0. The lowest BCUT2D eigenvalue weighted by atomic mass is 9.98. The topological polar surface area (TPSA) is 74.6 Å². The first-order valence-electron chi connectivity index (χ1n) is 7.16. The molecule has 0 aromatic heterocycles. The zero-order valence-electron chi connectivity index (χ0n) is 12.5. The van der Waals surface area contributed by atoms with Crippen LogP contribution in [0.1, 0.15) is 31.8 Å². The van der Waals surface area contributed by atoms with Crippen LogP contribution in [-0.4, -0.2) is 22.2 Å². The van der Waals surface area contributed by atoms with Crippen molar-refractivity contribution in [2.24, 2.45) is 0 Å². The monoisotopic (exact) mass is 316 g/mol. The fourth-order valence-electron chi connectivity index (χ4n) is 2.38. The average molecular weight is 316 g/mol. The van der Waals surface area contributed by atoms with E-state index in [1.807, 2.05) is 30.3 Å². The number of benzene rings is 3. The van der Waals surface area contributed by atoms with E-state index in [0.29, 0.717) is 16.3 Å². The zero-order valence-corrected chi connectivity index (χ0v) is 12.5. The second-order valence-corrected chi connectivity index (χ2v) is 5.19. The molecule has 0 amide bonds. The molecule has 0 aliphatic heterocycles. The first-order valence-corrected chi connectivity index (χ1v) is 7.16. The minimum atomic E-state index is -1.05. The van der Waals surface area contributed by atoms with Gasteiger partial charge in [-0.1, -0.05) is 36.1 Å². The van der Waals surface area contributed by atoms with Crippen molar-refractivity contribution < 1.29 is 19.8 Å². The lowest BCUT2D eigenvalue weighted by Gasteiger charge is -2.05. The Morgan fingerprint density at radius 2 is 1.46 bits per heavy atom. The first kappa shape index (κ1) is 15.3. The van der Waals surface area contributed by atoms with Gasteiger partial charge < -0.3 is 10.2 Å². The van der Waals surface area contributed by atoms with Gasteiger partial charge in [0.1, 0.15) is 0 Å². The molecule has 0 unspecified atom stereocenters. The Balaban J connectivity index is 2.22. The maximum atomic E-state index is 11.3. The number of rotatable bonds is 2. The Kier molecular flexibility index (Phi) is 4.00. The maximum Gasteiger partial charge on any atom is 0.335 e. The molecule has 0 bridgehead atoms. The zero-order chi connectivity index (χ0) is 17.1. The molecule has 3 rings (SSSR count). The maximum absolute atomic E-state index is 11.3. The van der Waals surface area contributed by atoms with Gasteiger partial charge in [-0.3, -0.25) is 0 Å². The van der Waals surface area contributed by atoms with Crippen molar-refractivity contribution in [3.63, 3.8) is 0 Å². The summed E-state index contributed by atoms with van der Waals surface area (Å²) in [6.45, 7) is 0. The predicted octanol–water partition coefficient (Wildman–Crippen LogP) is 3.64. The van der Waals surface area contributed by atoms with Gasteiger partial charge in [-0.25, -0.2) is 9.59 Å². The summed E-state index contributed by atoms with van der Waals surface area (Å²) in [4.78, 5) is 22.5. The van der Waals surface area contributed by atoms with Crippen molar-refractivity contribution >= 4 is 22.7 Å². The van der Waals surface area contributed by atoms with E-state index >= 15 is 0 Å². The van der Waals surface area contributed by atoms with Crippen LogP contribution >= 0.6 is 0 Å². The van der Waals surface area contributed by atoms with E-state index in [1.54, 1.807) is 6.07 Å². The highest BCUT2D eigenvalue weighted by molar-refractivity contribution is 6.00. The number of carboxylic acids is 2. The third-order valence-corrected chi connectivity index (χ3v) is 3.56. The smallest absolute Gasteiger partial charge is 0.335 e. The highest BCUT2D eigenvalue weighted by Crippen LogP contribution is 2.23. The van der Waals surface area contributed by atoms with Gasteiger partial charge in [0, 0.05) is 11.1 Å². The second-order valence-electron chi connectivity index (χ2n) is 5.19. The number of carbonyl (C=O) groups is 2. The molecule has 4 heteroatoms. The van der Waals surface area contributed by atoms with Crippen molar-refractivity contribution in [1.29, 1.82) is 0 Å². The normalized spacial score (nSPS) is 10.0. The molecule has 2 N–H and O–H groups in total. The van der Waals surface area contributed by atoms with Crippen LogP contribution in [0.5, 0.6) is 0 Å². The Hall–Kier alpha value is -3.58. The van der Waals surface area contributed by atoms with E-state index in [4.69, 9.17) is 5.11 Å². The van der Waals surface area contributed by atoms with Crippen LogP contribution in [0.2, 0.25) is 0 Å². The molecule has 24 heavy (non-hydrogen) atoms. The van der Waals surface area contributed by atoms with Gasteiger partial charge in [-0.05, 0) is 47.2 Å². The van der Waals surface area contributed by atoms with Crippen molar-refractivity contribution in [2.75, 3.05) is 0 Å². The van der Waals surface area contributed by atoms with E-state index in [2.05, 4.69) is 11.8 Å². The molecule has 0 radical (unpaired) electrons. The van der Waals surface area contributed by atoms with Crippen molar-refractivity contribution in [3.05, 3.63) is 82.9 Å². The fraction of sp³-hybridized carbons (Fsp3) is 0. The molecule has 4 nitrogen and oxygen atoms in total. The highest BCUT2D eigenvalue weighted by Gasteiger charge is 2.10. The van der Waals surface area contributed by atoms with Crippen molar-refractivity contribution in [3.8, 4) is 11.8 Å². The SMILES string of the molecule is O=C(O)c1cc(C#Cc2ccccc2)c2cc(C(=O)O)ccc2c1. The quantitative estimate of drug-likeness (QED) is 0.708. The second kappa shape index (κ2) is 6.27. The minimum Gasteiger partial charge on any atom is -0.478 e. The van der Waals surface area contributed by atoms with Crippen LogP contribution in [0.4, 0.5) is 0 Å². The molecule has 0 saturated carbocycles. The van der Waals surface area contributed by atoms with Crippen LogP contribution in [0.15, 0.2) is 60.7 Å². The van der Waals surface area contributed by atoms with Gasteiger partial charge in [-0.2, -0.15) is 0 Å². The number of hydrogen-bond acceptors (Lipinski definition) is 2. The average Bonchev–Trinajstić information content (AvgIpc) is 2.59. The summed E-state index contributed by atoms with van der Waals surface area (Å²) in [5.41, 5.74) is 1.52. The van der Waals surface area contributed by atoms with Crippen LogP contribution in [-0.2, 0) is 0 Å². The van der Waals surface area contributed by atoms with Crippen LogP contribution in [0, 0.1) is 11.8 Å². The van der Waals surface area contributed by atoms with Gasteiger partial charge in [-0.15, -0.1) is 0 Å². The lowest BCUT2D eigenvalue weighted by molar-refractivity contribution is 0.0686. The van der Waals surface area contributed by atoms with Crippen LogP contribution in [0.25, 0.3) is 10.8 Å². The molecule has 0 aliphatic carbocycles. The van der Waals surface area contributed by atoms with Gasteiger partial charge in [0.15, 0.2) is 0 Å². The van der Waals surface area contributed by atoms with E-state index in [1.165, 1.54) is 24.3 Å². The Morgan fingerprint density at radius 3 is 2.12 bits per heavy atom. The van der Waals surface area contributed by atoms with Crippen molar-refractivity contribution in [1.82, 2.24) is 0 Å². The molecule has 3 aromatic carbocycles. The van der Waals surface area contributed by atoms with E-state index in [9.17, 15) is 14.7 Å². The summed E-state index contributed by atoms with van der Waals surface area (Å²) in [6.07, 6.45) is 0. The minimum absolute atomic E-state index is 0.114. The lowest BCUT2D eigenvalue weighted by Crippen LogP contribution is -1.99. The third kappa shape index (κ3) is 3.11. The standard InChI is InChI=1S/C20H12O4/c21-19(22)16-9-8-15-11-17(20(23)24)10-14(18(15)12-16)7-6-13-4-2-1-3-5-13/h1-5,8-12H,(H,21,22)(H,23,24). The number of hydrogen-bond donors (Lipinski definition) is 2. The molecular formula is C20H12O4. The number of carboxylic acid groups (broad SMARTS) is 2. The predicted molar refractivity (Wildman–Crippen MR) is 90.3 cm³/mol. The van der Waals surface area contributed by atoms with Crippen LogP contribution < -0.4 is 0 Å². The Morgan fingerprint density at radius 1 is 0.750 bits per heavy atom. The van der Waals surface area contributed by atoms with Gasteiger partial charge in [0.25, 0.3) is 0 Å². The molecule has 0 aliphatic rings. The molecule has 116 valence electrons. The van der Waals surface area contributed by atoms with Gasteiger partial charge in [0.2, 0.25) is 0 Å². The Labute approximate surface area is 138 Å². The van der Waals surface area contributed by atoms with E-state index < -0.39 is 11.9 Å². The highest BCUT2D eigenvalue weighted by atomic mass is 16.4. The summed E-state index contributed by atoms with van der Waals surface area (Å²) in [5, 5.41) is 19.7. The molecule has 0 fully saturated rings. The van der Waals surface area contributed by atoms with Gasteiger partial charge >= 0.3 is 11.9 Å². The van der Waals surface area contributed by atoms with E-state index in [-0.39, 0.29) is 11.1 Å². The largest absolute Gasteiger partial charge is 0.478 e. The molecular weight excluding hydrogens is 304 g/mol. The fourth-order valence-corrected chi connectivity index (χ4v) is 2.38. The summed E-state index contributed by atoms with van der Waals surface area (Å²) >= 11 is 0. The molecule has 3 aromatic rings. The molecule has 0 spiro atoms. The van der Waals surface area contributed by atoms with Gasteiger partial charge in [0.05, 0.1) is 11.1 Å². The number of aromatic carboxylic acids is 2. The first-order chi connectivity index (χ1) is 11.5.